The molecule has 0 aromatic carbocycles. The molecule has 0 fully saturated rings. The van der Waals surface area contributed by atoms with E-state index < -0.39 is 18.0 Å². The number of ether oxygens (including phenoxy) is 1. The molecule has 7 nitrogen and oxygen atoms in total. The summed E-state index contributed by atoms with van der Waals surface area (Å²) in [5.41, 5.74) is 0. The van der Waals surface area contributed by atoms with Crippen molar-refractivity contribution in [2.45, 2.75) is 89.6 Å². The lowest BCUT2D eigenvalue weighted by Crippen LogP contribution is -2.45. The molecule has 1 unspecified atom stereocenters. The quantitative estimate of drug-likeness (QED) is 0.215. The van der Waals surface area contributed by atoms with Crippen molar-refractivity contribution in [1.82, 2.24) is 0 Å². The van der Waals surface area contributed by atoms with Gasteiger partial charge in [0.2, 0.25) is 0 Å². The summed E-state index contributed by atoms with van der Waals surface area (Å²) in [6.45, 7) is 0.441. The molecule has 0 saturated carbocycles. The second kappa shape index (κ2) is 15.3. The van der Waals surface area contributed by atoms with Crippen molar-refractivity contribution in [3.8, 4) is 0 Å². The Hall–Kier alpha value is -1.63. The number of carbonyl (C=O) groups is 3. The number of carboxylic acid groups (broad SMARTS) is 2. The largest absolute Gasteiger partial charge is 0.550 e. The van der Waals surface area contributed by atoms with Crippen LogP contribution in [0.5, 0.6) is 0 Å². The Balaban J connectivity index is 3.67. The first-order valence-electron chi connectivity index (χ1n) is 10.5. The predicted octanol–water partition coefficient (Wildman–Crippen LogP) is 2.51. The lowest BCUT2D eigenvalue weighted by atomic mass is 10.1. The topological polar surface area (TPSA) is 104 Å². The van der Waals surface area contributed by atoms with Gasteiger partial charge in [-0.15, -0.1) is 0 Å². The Kier molecular flexibility index (Phi) is 14.4. The van der Waals surface area contributed by atoms with E-state index in [9.17, 15) is 19.5 Å². The SMILES string of the molecule is C[N+](C)(C)CC(CC(=O)[O-])OC(=O)CCCCCCCCCCCCC(=O)O. The number of carbonyl (C=O) groups excluding carboxylic acids is 2. The van der Waals surface area contributed by atoms with E-state index in [4.69, 9.17) is 9.84 Å². The molecule has 28 heavy (non-hydrogen) atoms. The Bertz CT molecular complexity index is 458. The van der Waals surface area contributed by atoms with Crippen LogP contribution < -0.4 is 5.11 Å². The molecule has 0 bridgehead atoms. The third-order valence-corrected chi connectivity index (χ3v) is 4.47. The summed E-state index contributed by atoms with van der Waals surface area (Å²) in [6, 6.07) is 0. The number of rotatable bonds is 18. The normalized spacial score (nSPS) is 12.5. The van der Waals surface area contributed by atoms with E-state index in [1.807, 2.05) is 21.1 Å². The van der Waals surface area contributed by atoms with Gasteiger partial charge in [0.25, 0.3) is 0 Å². The average Bonchev–Trinajstić information content (AvgIpc) is 2.53. The summed E-state index contributed by atoms with van der Waals surface area (Å²) in [7, 11) is 5.77. The number of aliphatic carboxylic acids is 2. The van der Waals surface area contributed by atoms with Gasteiger partial charge < -0.3 is 24.2 Å². The minimum atomic E-state index is -1.20. The summed E-state index contributed by atoms with van der Waals surface area (Å²) in [4.78, 5) is 33.2. The Morgan fingerprint density at radius 3 is 1.64 bits per heavy atom. The zero-order valence-electron chi connectivity index (χ0n) is 17.9. The summed E-state index contributed by atoms with van der Waals surface area (Å²) in [5.74, 6) is -2.25. The van der Waals surface area contributed by atoms with Crippen LogP contribution in [0.1, 0.15) is 83.5 Å². The fraction of sp³-hybridized carbons (Fsp3) is 0.857. The number of likely N-dealkylation sites (N-methyl/N-ethyl adjacent to an activating group) is 1. The van der Waals surface area contributed by atoms with Crippen LogP contribution in [0.3, 0.4) is 0 Å². The molecule has 0 aliphatic rings. The molecular weight excluding hydrogens is 362 g/mol. The van der Waals surface area contributed by atoms with Crippen molar-refractivity contribution < 1.29 is 33.8 Å². The first kappa shape index (κ1) is 26.4. The standard InChI is InChI=1S/C21H39NO6/c1-22(2,3)17-18(16-20(25)26)28-21(27)15-13-11-9-7-5-4-6-8-10-12-14-19(23)24/h18H,4-17H2,1-3H3,(H-,23,24,25,26). The van der Waals surface area contributed by atoms with Crippen LogP contribution in [0.15, 0.2) is 0 Å². The molecule has 7 heteroatoms. The van der Waals surface area contributed by atoms with E-state index >= 15 is 0 Å². The minimum Gasteiger partial charge on any atom is -0.550 e. The van der Waals surface area contributed by atoms with Crippen LogP contribution in [0.25, 0.3) is 0 Å². The van der Waals surface area contributed by atoms with Crippen LogP contribution in [0, 0.1) is 0 Å². The monoisotopic (exact) mass is 401 g/mol. The van der Waals surface area contributed by atoms with Gasteiger partial charge in [0, 0.05) is 25.2 Å². The number of unbranched alkanes of at least 4 members (excludes halogenated alkanes) is 9. The lowest BCUT2D eigenvalue weighted by molar-refractivity contribution is -0.873. The zero-order valence-corrected chi connectivity index (χ0v) is 17.9. The van der Waals surface area contributed by atoms with Gasteiger partial charge >= 0.3 is 11.9 Å². The maximum atomic E-state index is 11.9. The number of hydrogen-bond donors (Lipinski definition) is 1. The number of hydrogen-bond acceptors (Lipinski definition) is 5. The van der Waals surface area contributed by atoms with E-state index in [1.165, 1.54) is 12.8 Å². The predicted molar refractivity (Wildman–Crippen MR) is 105 cm³/mol. The van der Waals surface area contributed by atoms with Gasteiger partial charge in [-0.05, 0) is 12.8 Å². The molecule has 0 rings (SSSR count). The van der Waals surface area contributed by atoms with Gasteiger partial charge in [0.05, 0.1) is 21.1 Å². The van der Waals surface area contributed by atoms with Gasteiger partial charge in [-0.2, -0.15) is 0 Å². The molecule has 0 aromatic heterocycles. The van der Waals surface area contributed by atoms with Crippen molar-refractivity contribution in [3.05, 3.63) is 0 Å². The van der Waals surface area contributed by atoms with Crippen molar-refractivity contribution in [2.75, 3.05) is 27.7 Å². The Morgan fingerprint density at radius 2 is 1.25 bits per heavy atom. The zero-order chi connectivity index (χ0) is 21.4. The molecule has 0 saturated heterocycles. The molecule has 0 radical (unpaired) electrons. The van der Waals surface area contributed by atoms with E-state index in [2.05, 4.69) is 0 Å². The van der Waals surface area contributed by atoms with Gasteiger partial charge in [-0.3, -0.25) is 9.59 Å². The highest BCUT2D eigenvalue weighted by atomic mass is 16.5. The highest BCUT2D eigenvalue weighted by Gasteiger charge is 2.22. The molecule has 164 valence electrons. The van der Waals surface area contributed by atoms with Crippen molar-refractivity contribution in [2.24, 2.45) is 0 Å². The molecule has 0 spiro atoms. The molecular formula is C21H39NO6. The van der Waals surface area contributed by atoms with Crippen LogP contribution in [0.2, 0.25) is 0 Å². The number of esters is 1. The molecule has 0 aliphatic carbocycles. The van der Waals surface area contributed by atoms with Gasteiger partial charge in [0.1, 0.15) is 6.54 Å². The highest BCUT2D eigenvalue weighted by Crippen LogP contribution is 2.13. The van der Waals surface area contributed by atoms with Crippen molar-refractivity contribution in [3.63, 3.8) is 0 Å². The second-order valence-corrected chi connectivity index (χ2v) is 8.59. The summed E-state index contributed by atoms with van der Waals surface area (Å²) < 4.78 is 5.85. The second-order valence-electron chi connectivity index (χ2n) is 8.59. The number of nitrogens with zero attached hydrogens (tertiary/aromatic N) is 1. The van der Waals surface area contributed by atoms with E-state index in [-0.39, 0.29) is 18.8 Å². The van der Waals surface area contributed by atoms with Crippen molar-refractivity contribution >= 4 is 17.9 Å². The third-order valence-electron chi connectivity index (χ3n) is 4.47. The van der Waals surface area contributed by atoms with Gasteiger partial charge in [0.15, 0.2) is 6.10 Å². The van der Waals surface area contributed by atoms with E-state index in [0.29, 0.717) is 17.4 Å². The van der Waals surface area contributed by atoms with E-state index in [0.717, 1.165) is 51.4 Å². The van der Waals surface area contributed by atoms with Crippen LogP contribution in [-0.2, 0) is 19.1 Å². The average molecular weight is 402 g/mol. The minimum absolute atomic E-state index is 0.266. The first-order chi connectivity index (χ1) is 13.1. The highest BCUT2D eigenvalue weighted by molar-refractivity contribution is 5.70. The molecule has 0 amide bonds. The van der Waals surface area contributed by atoms with Crippen LogP contribution in [0.4, 0.5) is 0 Å². The first-order valence-corrected chi connectivity index (χ1v) is 10.5. The van der Waals surface area contributed by atoms with Crippen LogP contribution in [-0.4, -0.2) is 61.3 Å². The molecule has 0 aromatic rings. The summed E-state index contributed by atoms with van der Waals surface area (Å²) >= 11 is 0. The maximum absolute atomic E-state index is 11.9. The fourth-order valence-corrected chi connectivity index (χ4v) is 3.14. The Labute approximate surface area is 169 Å². The maximum Gasteiger partial charge on any atom is 0.306 e. The number of quaternary nitrogens is 1. The lowest BCUT2D eigenvalue weighted by Gasteiger charge is -2.29. The third kappa shape index (κ3) is 19.1. The fourth-order valence-electron chi connectivity index (χ4n) is 3.14. The van der Waals surface area contributed by atoms with Crippen LogP contribution >= 0.6 is 0 Å². The Morgan fingerprint density at radius 1 is 0.821 bits per heavy atom. The number of carboxylic acids is 2. The van der Waals surface area contributed by atoms with Gasteiger partial charge in [-0.1, -0.05) is 51.4 Å². The van der Waals surface area contributed by atoms with Gasteiger partial charge in [-0.25, -0.2) is 0 Å². The molecule has 0 aliphatic heterocycles. The van der Waals surface area contributed by atoms with Crippen molar-refractivity contribution in [1.29, 1.82) is 0 Å². The van der Waals surface area contributed by atoms with E-state index in [1.54, 1.807) is 0 Å². The smallest absolute Gasteiger partial charge is 0.306 e. The summed E-state index contributed by atoms with van der Waals surface area (Å²) in [6.07, 6.45) is 9.97. The molecule has 1 N–H and O–H groups in total. The summed E-state index contributed by atoms with van der Waals surface area (Å²) in [5, 5.41) is 19.4. The molecule has 1 atom stereocenters. The molecule has 0 heterocycles.